The quantitative estimate of drug-likeness (QED) is 0.735. The van der Waals surface area contributed by atoms with Crippen molar-refractivity contribution < 1.29 is 9.53 Å². The second kappa shape index (κ2) is 7.32. The van der Waals surface area contributed by atoms with Gasteiger partial charge in [-0.05, 0) is 36.5 Å². The zero-order chi connectivity index (χ0) is 13.5. The van der Waals surface area contributed by atoms with Crippen molar-refractivity contribution in [1.29, 1.82) is 0 Å². The highest BCUT2D eigenvalue weighted by Crippen LogP contribution is 2.28. The number of carbonyl (C=O) groups excluding carboxylic acids is 1. The first-order chi connectivity index (χ1) is 9.28. The summed E-state index contributed by atoms with van der Waals surface area (Å²) in [6.07, 6.45) is 8.84. The summed E-state index contributed by atoms with van der Waals surface area (Å²) in [5.74, 6) is 2.11. The maximum Gasteiger partial charge on any atom is 0.133 e. The standard InChI is InChI=1S/C17H24O2/c1-19-17-12-8-15(9-13-17)7-11-16(18)10-6-14-4-2-3-5-14/h8-9,12-14H,2-7,10-11H2,1H3. The third-order valence-electron chi connectivity index (χ3n) is 4.16. The van der Waals surface area contributed by atoms with Crippen LogP contribution in [0.15, 0.2) is 24.3 Å². The van der Waals surface area contributed by atoms with Gasteiger partial charge in [0, 0.05) is 12.8 Å². The van der Waals surface area contributed by atoms with Gasteiger partial charge in [-0.1, -0.05) is 37.8 Å². The van der Waals surface area contributed by atoms with E-state index in [-0.39, 0.29) is 0 Å². The number of ether oxygens (including phenoxy) is 1. The number of hydrogen-bond acceptors (Lipinski definition) is 2. The molecule has 1 aromatic rings. The van der Waals surface area contributed by atoms with E-state index in [1.807, 2.05) is 24.3 Å². The minimum Gasteiger partial charge on any atom is -0.497 e. The number of rotatable bonds is 7. The van der Waals surface area contributed by atoms with Gasteiger partial charge in [-0.2, -0.15) is 0 Å². The first kappa shape index (κ1) is 14.1. The average molecular weight is 260 g/mol. The molecule has 2 nitrogen and oxygen atoms in total. The van der Waals surface area contributed by atoms with E-state index in [1.165, 1.54) is 31.2 Å². The van der Waals surface area contributed by atoms with Gasteiger partial charge in [0.15, 0.2) is 0 Å². The number of methoxy groups -OCH3 is 1. The van der Waals surface area contributed by atoms with Crippen molar-refractivity contribution >= 4 is 5.78 Å². The monoisotopic (exact) mass is 260 g/mol. The highest BCUT2D eigenvalue weighted by molar-refractivity contribution is 5.78. The lowest BCUT2D eigenvalue weighted by atomic mass is 9.98. The Labute approximate surface area is 116 Å². The van der Waals surface area contributed by atoms with Gasteiger partial charge in [0.1, 0.15) is 11.5 Å². The van der Waals surface area contributed by atoms with Crippen molar-refractivity contribution in [1.82, 2.24) is 0 Å². The molecule has 1 aliphatic rings. The molecule has 1 aromatic carbocycles. The highest BCUT2D eigenvalue weighted by Gasteiger charge is 2.15. The smallest absolute Gasteiger partial charge is 0.133 e. The lowest BCUT2D eigenvalue weighted by molar-refractivity contribution is -0.119. The van der Waals surface area contributed by atoms with Crippen molar-refractivity contribution in [3.8, 4) is 5.75 Å². The molecule has 0 bridgehead atoms. The number of benzene rings is 1. The number of hydrogen-bond donors (Lipinski definition) is 0. The van der Waals surface area contributed by atoms with Crippen molar-refractivity contribution in [3.05, 3.63) is 29.8 Å². The number of carbonyl (C=O) groups is 1. The molecule has 0 heterocycles. The van der Waals surface area contributed by atoms with E-state index in [9.17, 15) is 4.79 Å². The van der Waals surface area contributed by atoms with Gasteiger partial charge >= 0.3 is 0 Å². The Hall–Kier alpha value is -1.31. The van der Waals surface area contributed by atoms with Crippen LogP contribution < -0.4 is 4.74 Å². The molecule has 0 N–H and O–H groups in total. The molecule has 0 amide bonds. The molecule has 0 aromatic heterocycles. The maximum atomic E-state index is 11.9. The van der Waals surface area contributed by atoms with E-state index in [2.05, 4.69) is 0 Å². The molecule has 1 fully saturated rings. The molecule has 104 valence electrons. The van der Waals surface area contributed by atoms with Gasteiger partial charge in [-0.3, -0.25) is 4.79 Å². The number of aryl methyl sites for hydroxylation is 1. The largest absolute Gasteiger partial charge is 0.497 e. The van der Waals surface area contributed by atoms with Crippen molar-refractivity contribution in [2.75, 3.05) is 7.11 Å². The predicted molar refractivity (Wildman–Crippen MR) is 77.5 cm³/mol. The van der Waals surface area contributed by atoms with E-state index in [0.717, 1.165) is 30.9 Å². The van der Waals surface area contributed by atoms with Crippen LogP contribution in [0.3, 0.4) is 0 Å². The van der Waals surface area contributed by atoms with E-state index < -0.39 is 0 Å². The Bertz CT molecular complexity index is 388. The summed E-state index contributed by atoms with van der Waals surface area (Å²) >= 11 is 0. The normalized spacial score (nSPS) is 15.6. The molecule has 1 saturated carbocycles. The van der Waals surface area contributed by atoms with E-state index >= 15 is 0 Å². The lowest BCUT2D eigenvalue weighted by Crippen LogP contribution is -2.03. The van der Waals surface area contributed by atoms with Gasteiger partial charge in [0.05, 0.1) is 7.11 Å². The van der Waals surface area contributed by atoms with Crippen LogP contribution in [0, 0.1) is 5.92 Å². The summed E-state index contributed by atoms with van der Waals surface area (Å²) < 4.78 is 5.12. The summed E-state index contributed by atoms with van der Waals surface area (Å²) in [5, 5.41) is 0. The molecule has 19 heavy (non-hydrogen) atoms. The van der Waals surface area contributed by atoms with Gasteiger partial charge in [-0.15, -0.1) is 0 Å². The fourth-order valence-electron chi connectivity index (χ4n) is 2.87. The molecule has 0 spiro atoms. The van der Waals surface area contributed by atoms with Gasteiger partial charge in [-0.25, -0.2) is 0 Å². The molecule has 0 saturated heterocycles. The molecule has 0 aliphatic heterocycles. The van der Waals surface area contributed by atoms with Crippen LogP contribution in [0.4, 0.5) is 0 Å². The Morgan fingerprint density at radius 2 is 1.84 bits per heavy atom. The van der Waals surface area contributed by atoms with Gasteiger partial charge < -0.3 is 4.74 Å². The Balaban J connectivity index is 1.67. The van der Waals surface area contributed by atoms with Crippen LogP contribution >= 0.6 is 0 Å². The van der Waals surface area contributed by atoms with E-state index in [4.69, 9.17) is 4.74 Å². The van der Waals surface area contributed by atoms with Crippen molar-refractivity contribution in [2.45, 2.75) is 51.4 Å². The first-order valence-corrected chi connectivity index (χ1v) is 7.42. The summed E-state index contributed by atoms with van der Waals surface area (Å²) in [6.45, 7) is 0. The second-order valence-electron chi connectivity index (χ2n) is 5.58. The van der Waals surface area contributed by atoms with Crippen LogP contribution in [-0.4, -0.2) is 12.9 Å². The molecular weight excluding hydrogens is 236 g/mol. The van der Waals surface area contributed by atoms with Crippen LogP contribution in [-0.2, 0) is 11.2 Å². The third kappa shape index (κ3) is 4.70. The Morgan fingerprint density at radius 1 is 1.16 bits per heavy atom. The topological polar surface area (TPSA) is 26.3 Å². The molecular formula is C17H24O2. The summed E-state index contributed by atoms with van der Waals surface area (Å²) in [6, 6.07) is 8.00. The van der Waals surface area contributed by atoms with Crippen LogP contribution in [0.25, 0.3) is 0 Å². The zero-order valence-electron chi connectivity index (χ0n) is 11.9. The first-order valence-electron chi connectivity index (χ1n) is 7.42. The SMILES string of the molecule is COc1ccc(CCC(=O)CCC2CCCC2)cc1. The summed E-state index contributed by atoms with van der Waals surface area (Å²) in [4.78, 5) is 11.9. The number of ketones is 1. The summed E-state index contributed by atoms with van der Waals surface area (Å²) in [7, 11) is 1.67. The Kier molecular flexibility index (Phi) is 5.44. The van der Waals surface area contributed by atoms with Crippen molar-refractivity contribution in [3.63, 3.8) is 0 Å². The maximum absolute atomic E-state index is 11.9. The van der Waals surface area contributed by atoms with Crippen LogP contribution in [0.1, 0.15) is 50.5 Å². The lowest BCUT2D eigenvalue weighted by Gasteiger charge is -2.07. The van der Waals surface area contributed by atoms with Crippen molar-refractivity contribution in [2.24, 2.45) is 5.92 Å². The Morgan fingerprint density at radius 3 is 2.47 bits per heavy atom. The average Bonchev–Trinajstić information content (AvgIpc) is 2.96. The van der Waals surface area contributed by atoms with E-state index in [1.54, 1.807) is 7.11 Å². The third-order valence-corrected chi connectivity index (χ3v) is 4.16. The molecule has 2 heteroatoms. The molecule has 2 rings (SSSR count). The highest BCUT2D eigenvalue weighted by atomic mass is 16.5. The summed E-state index contributed by atoms with van der Waals surface area (Å²) in [5.41, 5.74) is 1.22. The van der Waals surface area contributed by atoms with Gasteiger partial charge in [0.25, 0.3) is 0 Å². The molecule has 0 unspecified atom stereocenters. The number of Topliss-reactive ketones (excluding diaryl/α,β-unsaturated/α-hetero) is 1. The second-order valence-corrected chi connectivity index (χ2v) is 5.58. The van der Waals surface area contributed by atoms with Gasteiger partial charge in [0.2, 0.25) is 0 Å². The van der Waals surface area contributed by atoms with Crippen LogP contribution in [0.2, 0.25) is 0 Å². The fraction of sp³-hybridized carbons (Fsp3) is 0.588. The molecule has 1 aliphatic carbocycles. The molecule has 0 radical (unpaired) electrons. The van der Waals surface area contributed by atoms with Crippen LogP contribution in [0.5, 0.6) is 5.75 Å². The van der Waals surface area contributed by atoms with E-state index in [0.29, 0.717) is 12.2 Å². The zero-order valence-corrected chi connectivity index (χ0v) is 11.9. The fourth-order valence-corrected chi connectivity index (χ4v) is 2.87. The molecule has 0 atom stereocenters. The minimum absolute atomic E-state index is 0.419. The predicted octanol–water partition coefficient (Wildman–Crippen LogP) is 4.17. The minimum atomic E-state index is 0.419.